The van der Waals surface area contributed by atoms with Crippen molar-refractivity contribution in [1.82, 2.24) is 15.4 Å². The van der Waals surface area contributed by atoms with Gasteiger partial charge in [-0.2, -0.15) is 15.4 Å². The number of nitrogens with zero attached hydrogens (tertiary/aromatic N) is 2. The summed E-state index contributed by atoms with van der Waals surface area (Å²) in [6.07, 6.45) is 0.942. The molecule has 3 aromatic rings. The first-order valence-corrected chi connectivity index (χ1v) is 8.45. The monoisotopic (exact) mass is 339 g/mol. The predicted molar refractivity (Wildman–Crippen MR) is 99.8 cm³/mol. The number of phenolic OH excluding ortho intramolecular Hbond substituents is 2. The molecule has 0 saturated heterocycles. The maximum atomic E-state index is 10.5. The summed E-state index contributed by atoms with van der Waals surface area (Å²) in [6, 6.07) is 9.20. The quantitative estimate of drug-likeness (QED) is 0.601. The molecule has 25 heavy (non-hydrogen) atoms. The van der Waals surface area contributed by atoms with Crippen molar-refractivity contribution < 1.29 is 10.2 Å². The number of fused-ring (bicyclic) bond motifs is 1. The van der Waals surface area contributed by atoms with Crippen LogP contribution in [0.2, 0.25) is 0 Å². The number of aromatic hydroxyl groups is 2. The van der Waals surface area contributed by atoms with Crippen molar-refractivity contribution in [2.45, 2.75) is 46.5 Å². The molecule has 1 heterocycles. The summed E-state index contributed by atoms with van der Waals surface area (Å²) in [5, 5.41) is 31.7. The minimum atomic E-state index is -0.157. The van der Waals surface area contributed by atoms with Crippen molar-refractivity contribution in [2.24, 2.45) is 5.41 Å². The summed E-state index contributed by atoms with van der Waals surface area (Å²) < 4.78 is 0. The van der Waals surface area contributed by atoms with E-state index in [9.17, 15) is 10.2 Å². The second kappa shape index (κ2) is 5.76. The molecule has 5 heteroatoms. The molecule has 0 saturated carbocycles. The van der Waals surface area contributed by atoms with Crippen LogP contribution < -0.4 is 0 Å². The number of hydrogen-bond acceptors (Lipinski definition) is 4. The number of para-hydroxylation sites is 1. The van der Waals surface area contributed by atoms with Crippen molar-refractivity contribution in [1.29, 1.82) is 0 Å². The highest BCUT2D eigenvalue weighted by Gasteiger charge is 2.29. The fourth-order valence-electron chi connectivity index (χ4n) is 3.73. The molecular formula is C20H25N3O2. The first kappa shape index (κ1) is 17.3. The highest BCUT2D eigenvalue weighted by molar-refractivity contribution is 5.93. The van der Waals surface area contributed by atoms with Crippen molar-refractivity contribution >= 4 is 11.0 Å². The molecule has 0 amide bonds. The predicted octanol–water partition coefficient (Wildman–Crippen LogP) is 4.75. The lowest BCUT2D eigenvalue weighted by molar-refractivity contribution is 0.283. The Morgan fingerprint density at radius 1 is 0.960 bits per heavy atom. The van der Waals surface area contributed by atoms with Crippen LogP contribution in [0.25, 0.3) is 22.2 Å². The third-order valence-electron chi connectivity index (χ3n) is 4.48. The van der Waals surface area contributed by atoms with E-state index in [1.54, 1.807) is 6.07 Å². The second-order valence-electron chi connectivity index (χ2n) is 8.51. The van der Waals surface area contributed by atoms with Crippen LogP contribution in [0.5, 0.6) is 11.5 Å². The Hall–Kier alpha value is -2.56. The van der Waals surface area contributed by atoms with Gasteiger partial charge in [-0.25, -0.2) is 0 Å². The SMILES string of the molecule is CC(C)(C)CC(C)(C)c1cc(O)c(O)c(-c2cccc3n[nH]nc23)c1. The number of nitrogens with one attached hydrogen (secondary N) is 1. The van der Waals surface area contributed by atoms with E-state index >= 15 is 0 Å². The molecule has 0 atom stereocenters. The van der Waals surface area contributed by atoms with Crippen molar-refractivity contribution in [2.75, 3.05) is 0 Å². The lowest BCUT2D eigenvalue weighted by atomic mass is 9.72. The molecule has 0 aliphatic heterocycles. The molecule has 0 aliphatic carbocycles. The topological polar surface area (TPSA) is 82.0 Å². The van der Waals surface area contributed by atoms with E-state index in [2.05, 4.69) is 50.0 Å². The van der Waals surface area contributed by atoms with Crippen molar-refractivity contribution in [3.63, 3.8) is 0 Å². The number of benzene rings is 2. The summed E-state index contributed by atoms with van der Waals surface area (Å²) in [7, 11) is 0. The van der Waals surface area contributed by atoms with Gasteiger partial charge in [0.25, 0.3) is 0 Å². The zero-order chi connectivity index (χ0) is 18.4. The Morgan fingerprint density at radius 3 is 2.36 bits per heavy atom. The number of hydrogen-bond donors (Lipinski definition) is 3. The van der Waals surface area contributed by atoms with Crippen molar-refractivity contribution in [3.05, 3.63) is 35.9 Å². The minimum absolute atomic E-state index is 0.116. The van der Waals surface area contributed by atoms with Gasteiger partial charge >= 0.3 is 0 Å². The van der Waals surface area contributed by atoms with Crippen LogP contribution in [-0.2, 0) is 5.41 Å². The minimum Gasteiger partial charge on any atom is -0.504 e. The first-order chi connectivity index (χ1) is 11.6. The number of aromatic nitrogens is 3. The molecule has 0 radical (unpaired) electrons. The highest BCUT2D eigenvalue weighted by Crippen LogP contribution is 2.44. The fraction of sp³-hybridized carbons (Fsp3) is 0.400. The molecule has 1 aromatic heterocycles. The van der Waals surface area contributed by atoms with Crippen LogP contribution >= 0.6 is 0 Å². The van der Waals surface area contributed by atoms with E-state index in [4.69, 9.17) is 0 Å². The molecule has 0 spiro atoms. The van der Waals surface area contributed by atoms with Gasteiger partial charge in [-0.05, 0) is 41.0 Å². The van der Waals surface area contributed by atoms with Crippen LogP contribution in [0, 0.1) is 5.41 Å². The van der Waals surface area contributed by atoms with Gasteiger partial charge < -0.3 is 10.2 Å². The van der Waals surface area contributed by atoms with E-state index in [0.717, 1.165) is 23.1 Å². The summed E-state index contributed by atoms with van der Waals surface area (Å²) in [5.41, 5.74) is 3.66. The Balaban J connectivity index is 2.19. The van der Waals surface area contributed by atoms with Gasteiger partial charge in [0.2, 0.25) is 0 Å². The van der Waals surface area contributed by atoms with Crippen LogP contribution in [-0.4, -0.2) is 25.6 Å². The second-order valence-corrected chi connectivity index (χ2v) is 8.51. The van der Waals surface area contributed by atoms with Gasteiger partial charge in [0.15, 0.2) is 11.5 Å². The molecule has 0 aliphatic rings. The van der Waals surface area contributed by atoms with E-state index in [1.807, 2.05) is 24.3 Å². The molecule has 3 N–H and O–H groups in total. The number of H-pyrrole nitrogens is 1. The molecule has 0 bridgehead atoms. The van der Waals surface area contributed by atoms with Gasteiger partial charge in [0.05, 0.1) is 0 Å². The Bertz CT molecular complexity index is 920. The normalized spacial score (nSPS) is 12.7. The lowest BCUT2D eigenvalue weighted by Gasteiger charge is -2.33. The molecule has 3 rings (SSSR count). The molecule has 132 valence electrons. The maximum Gasteiger partial charge on any atom is 0.165 e. The number of phenols is 2. The Kier molecular flexibility index (Phi) is 3.98. The summed E-state index contributed by atoms with van der Waals surface area (Å²) in [6.45, 7) is 10.9. The smallest absolute Gasteiger partial charge is 0.165 e. The summed E-state index contributed by atoms with van der Waals surface area (Å²) >= 11 is 0. The lowest BCUT2D eigenvalue weighted by Crippen LogP contribution is -2.24. The van der Waals surface area contributed by atoms with Crippen molar-refractivity contribution in [3.8, 4) is 22.6 Å². The largest absolute Gasteiger partial charge is 0.504 e. The van der Waals surface area contributed by atoms with Gasteiger partial charge in [-0.3, -0.25) is 0 Å². The zero-order valence-corrected chi connectivity index (χ0v) is 15.4. The third kappa shape index (κ3) is 3.31. The number of rotatable bonds is 3. The summed E-state index contributed by atoms with van der Waals surface area (Å²) in [5.74, 6) is -0.249. The fourth-order valence-corrected chi connectivity index (χ4v) is 3.73. The van der Waals surface area contributed by atoms with Crippen LogP contribution in [0.1, 0.15) is 46.6 Å². The summed E-state index contributed by atoms with van der Waals surface area (Å²) in [4.78, 5) is 0. The van der Waals surface area contributed by atoms with Gasteiger partial charge in [0.1, 0.15) is 11.0 Å². The van der Waals surface area contributed by atoms with E-state index in [0.29, 0.717) is 11.1 Å². The standard InChI is InChI=1S/C20H25N3O2/c1-19(2,3)11-20(4,5)12-9-14(18(25)16(24)10-12)13-7-6-8-15-17(13)22-23-21-15/h6-10,24-25H,11H2,1-5H3,(H,21,22,23). The molecule has 5 nitrogen and oxygen atoms in total. The Morgan fingerprint density at radius 2 is 1.68 bits per heavy atom. The highest BCUT2D eigenvalue weighted by atomic mass is 16.3. The zero-order valence-electron chi connectivity index (χ0n) is 15.4. The van der Waals surface area contributed by atoms with Gasteiger partial charge in [0, 0.05) is 11.1 Å². The van der Waals surface area contributed by atoms with E-state index in [-0.39, 0.29) is 22.3 Å². The molecule has 2 aromatic carbocycles. The van der Waals surface area contributed by atoms with Crippen LogP contribution in [0.4, 0.5) is 0 Å². The number of aromatic amines is 1. The third-order valence-corrected chi connectivity index (χ3v) is 4.48. The average Bonchev–Trinajstić information content (AvgIpc) is 2.96. The van der Waals surface area contributed by atoms with Gasteiger partial charge in [-0.15, -0.1) is 0 Å². The molecule has 0 unspecified atom stereocenters. The average molecular weight is 339 g/mol. The van der Waals surface area contributed by atoms with Gasteiger partial charge in [-0.1, -0.05) is 46.8 Å². The van der Waals surface area contributed by atoms with Crippen LogP contribution in [0.15, 0.2) is 30.3 Å². The Labute approximate surface area is 147 Å². The van der Waals surface area contributed by atoms with E-state index in [1.165, 1.54) is 0 Å². The van der Waals surface area contributed by atoms with Crippen LogP contribution in [0.3, 0.4) is 0 Å². The first-order valence-electron chi connectivity index (χ1n) is 8.45. The molecular weight excluding hydrogens is 314 g/mol. The van der Waals surface area contributed by atoms with E-state index < -0.39 is 0 Å². The molecule has 0 fully saturated rings. The maximum absolute atomic E-state index is 10.5.